The lowest BCUT2D eigenvalue weighted by Gasteiger charge is -2.14. The van der Waals surface area contributed by atoms with E-state index in [-0.39, 0.29) is 23.3 Å². The average Bonchev–Trinajstić information content (AvgIpc) is 2.99. The van der Waals surface area contributed by atoms with E-state index in [0.717, 1.165) is 0 Å². The fourth-order valence-corrected chi connectivity index (χ4v) is 2.00. The van der Waals surface area contributed by atoms with Gasteiger partial charge >= 0.3 is 6.36 Å². The molecule has 2 aromatic rings. The Morgan fingerprint density at radius 2 is 2.12 bits per heavy atom. The van der Waals surface area contributed by atoms with E-state index in [1.54, 1.807) is 16.9 Å². The molecule has 1 unspecified atom stereocenters. The van der Waals surface area contributed by atoms with Crippen molar-refractivity contribution in [1.82, 2.24) is 9.78 Å². The van der Waals surface area contributed by atoms with Gasteiger partial charge < -0.3 is 15.8 Å². The zero-order valence-corrected chi connectivity index (χ0v) is 13.0. The summed E-state index contributed by atoms with van der Waals surface area (Å²) in [6.07, 6.45) is -1.25. The van der Waals surface area contributed by atoms with Crippen LogP contribution < -0.4 is 15.8 Å². The van der Waals surface area contributed by atoms with Crippen molar-refractivity contribution in [2.45, 2.75) is 19.8 Å². The lowest BCUT2D eigenvalue weighted by molar-refractivity contribution is -0.274. The molecule has 2 rings (SSSR count). The van der Waals surface area contributed by atoms with Crippen molar-refractivity contribution >= 4 is 11.6 Å². The van der Waals surface area contributed by atoms with Gasteiger partial charge in [0.15, 0.2) is 11.7 Å². The Labute approximate surface area is 137 Å². The first kappa shape index (κ1) is 17.6. The number of ether oxygens (including phenoxy) is 1. The Bertz CT molecular complexity index is 670. The van der Waals surface area contributed by atoms with Gasteiger partial charge in [0.25, 0.3) is 0 Å². The van der Waals surface area contributed by atoms with Gasteiger partial charge in [-0.15, -0.1) is 13.2 Å². The number of hydrogen-bond donors (Lipinski definition) is 2. The number of anilines is 1. The quantitative estimate of drug-likeness (QED) is 0.626. The molecule has 0 saturated heterocycles. The molecule has 0 amide bonds. The Morgan fingerprint density at radius 1 is 1.38 bits per heavy atom. The van der Waals surface area contributed by atoms with Crippen LogP contribution in [0.4, 0.5) is 18.9 Å². The normalized spacial score (nSPS) is 13.6. The van der Waals surface area contributed by atoms with E-state index >= 15 is 0 Å². The number of nitrogens with two attached hydrogens (primary N) is 1. The van der Waals surface area contributed by atoms with Crippen LogP contribution in [-0.4, -0.2) is 28.6 Å². The number of hydrogen-bond acceptors (Lipinski definition) is 3. The topological polar surface area (TPSA) is 77.5 Å². The molecule has 0 aliphatic rings. The second-order valence-corrected chi connectivity index (χ2v) is 5.23. The fourth-order valence-electron chi connectivity index (χ4n) is 2.00. The van der Waals surface area contributed by atoms with Crippen molar-refractivity contribution < 1.29 is 17.9 Å². The van der Waals surface area contributed by atoms with E-state index in [9.17, 15) is 13.2 Å². The van der Waals surface area contributed by atoms with E-state index in [1.165, 1.54) is 18.2 Å². The highest BCUT2D eigenvalue weighted by atomic mass is 19.4. The molecule has 0 aliphatic carbocycles. The zero-order valence-electron chi connectivity index (χ0n) is 13.0. The predicted octanol–water partition coefficient (Wildman–Crippen LogP) is 2.84. The molecular formula is C15H18F3N5O. The molecular weight excluding hydrogens is 323 g/mol. The number of benzene rings is 1. The Balaban J connectivity index is 1.95. The second kappa shape index (κ2) is 7.71. The Hall–Kier alpha value is -2.71. The molecule has 0 spiro atoms. The molecule has 130 valence electrons. The van der Waals surface area contributed by atoms with Crippen LogP contribution in [0.3, 0.4) is 0 Å². The molecule has 0 fully saturated rings. The van der Waals surface area contributed by atoms with Gasteiger partial charge in [0.1, 0.15) is 0 Å². The summed E-state index contributed by atoms with van der Waals surface area (Å²) in [5.74, 6) is -0.194. The van der Waals surface area contributed by atoms with Gasteiger partial charge in [0.05, 0.1) is 5.69 Å². The second-order valence-electron chi connectivity index (χ2n) is 5.23. The van der Waals surface area contributed by atoms with Crippen LogP contribution >= 0.6 is 0 Å². The SMILES string of the molecule is CC(CN=C(N)Nc1ccccc1OC(F)(F)F)Cn1cccn1. The molecule has 1 aromatic carbocycles. The number of aromatic nitrogens is 2. The van der Waals surface area contributed by atoms with Crippen LogP contribution in [0.25, 0.3) is 0 Å². The first-order valence-electron chi connectivity index (χ1n) is 7.22. The van der Waals surface area contributed by atoms with Crippen molar-refractivity contribution in [3.05, 3.63) is 42.7 Å². The van der Waals surface area contributed by atoms with Crippen LogP contribution in [0.15, 0.2) is 47.7 Å². The first-order chi connectivity index (χ1) is 11.3. The summed E-state index contributed by atoms with van der Waals surface area (Å²) in [7, 11) is 0. The fraction of sp³-hybridized carbons (Fsp3) is 0.333. The summed E-state index contributed by atoms with van der Waals surface area (Å²) >= 11 is 0. The number of aliphatic imine (C=N–C) groups is 1. The summed E-state index contributed by atoms with van der Waals surface area (Å²) in [6, 6.07) is 7.45. The Morgan fingerprint density at radius 3 is 2.79 bits per heavy atom. The van der Waals surface area contributed by atoms with E-state index in [4.69, 9.17) is 5.73 Å². The third-order valence-electron chi connectivity index (χ3n) is 3.01. The van der Waals surface area contributed by atoms with Crippen molar-refractivity contribution in [3.63, 3.8) is 0 Å². The van der Waals surface area contributed by atoms with Gasteiger partial charge in [-0.2, -0.15) is 5.10 Å². The molecule has 0 aliphatic heterocycles. The smallest absolute Gasteiger partial charge is 0.404 e. The number of halogens is 3. The minimum atomic E-state index is -4.78. The standard InChI is InChI=1S/C15H18F3N5O/c1-11(10-23-8-4-7-21-23)9-20-14(19)22-12-5-2-3-6-13(12)24-15(16,17)18/h2-8,11H,9-10H2,1H3,(H3,19,20,22). The molecule has 1 atom stereocenters. The lowest BCUT2D eigenvalue weighted by atomic mass is 10.2. The summed E-state index contributed by atoms with van der Waals surface area (Å²) in [6.45, 7) is 3.04. The van der Waals surface area contributed by atoms with Crippen molar-refractivity contribution in [3.8, 4) is 5.75 Å². The number of para-hydroxylation sites is 2. The lowest BCUT2D eigenvalue weighted by Crippen LogP contribution is -2.25. The molecule has 9 heteroatoms. The maximum Gasteiger partial charge on any atom is 0.573 e. The van der Waals surface area contributed by atoms with Gasteiger partial charge in [-0.05, 0) is 24.1 Å². The summed E-state index contributed by atoms with van der Waals surface area (Å²) in [5.41, 5.74) is 5.83. The maximum absolute atomic E-state index is 12.4. The number of guanidine groups is 1. The average molecular weight is 341 g/mol. The molecule has 6 nitrogen and oxygen atoms in total. The Kier molecular flexibility index (Phi) is 5.67. The van der Waals surface area contributed by atoms with E-state index in [0.29, 0.717) is 13.1 Å². The summed E-state index contributed by atoms with van der Waals surface area (Å²) in [5, 5.41) is 6.72. The minimum absolute atomic E-state index is 0.0144. The van der Waals surface area contributed by atoms with Gasteiger partial charge in [-0.25, -0.2) is 0 Å². The largest absolute Gasteiger partial charge is 0.573 e. The molecule has 0 bridgehead atoms. The monoisotopic (exact) mass is 341 g/mol. The van der Waals surface area contributed by atoms with Gasteiger partial charge in [0, 0.05) is 25.5 Å². The van der Waals surface area contributed by atoms with E-state index in [1.807, 2.05) is 19.2 Å². The van der Waals surface area contributed by atoms with Crippen molar-refractivity contribution in [1.29, 1.82) is 0 Å². The van der Waals surface area contributed by atoms with Crippen LogP contribution in [0.2, 0.25) is 0 Å². The van der Waals surface area contributed by atoms with E-state index in [2.05, 4.69) is 20.1 Å². The van der Waals surface area contributed by atoms with Gasteiger partial charge in [0.2, 0.25) is 0 Å². The summed E-state index contributed by atoms with van der Waals surface area (Å²) in [4.78, 5) is 4.14. The minimum Gasteiger partial charge on any atom is -0.404 e. The van der Waals surface area contributed by atoms with Crippen LogP contribution in [0.5, 0.6) is 5.75 Å². The van der Waals surface area contributed by atoms with Gasteiger partial charge in [-0.3, -0.25) is 9.67 Å². The van der Waals surface area contributed by atoms with Crippen molar-refractivity contribution in [2.75, 3.05) is 11.9 Å². The highest BCUT2D eigenvalue weighted by molar-refractivity contribution is 5.93. The van der Waals surface area contributed by atoms with Crippen LogP contribution in [0.1, 0.15) is 6.92 Å². The number of nitrogens with zero attached hydrogens (tertiary/aromatic N) is 3. The molecule has 24 heavy (non-hydrogen) atoms. The number of nitrogens with one attached hydrogen (secondary N) is 1. The zero-order chi connectivity index (χ0) is 17.6. The molecule has 1 aromatic heterocycles. The molecule has 3 N–H and O–H groups in total. The van der Waals surface area contributed by atoms with Crippen LogP contribution in [-0.2, 0) is 6.54 Å². The molecule has 0 saturated carbocycles. The molecule has 0 radical (unpaired) electrons. The van der Waals surface area contributed by atoms with Crippen molar-refractivity contribution in [2.24, 2.45) is 16.6 Å². The molecule has 1 heterocycles. The number of alkyl halides is 3. The first-order valence-corrected chi connectivity index (χ1v) is 7.22. The number of rotatable bonds is 6. The van der Waals surface area contributed by atoms with Gasteiger partial charge in [-0.1, -0.05) is 19.1 Å². The highest BCUT2D eigenvalue weighted by Crippen LogP contribution is 2.29. The highest BCUT2D eigenvalue weighted by Gasteiger charge is 2.32. The summed E-state index contributed by atoms with van der Waals surface area (Å²) < 4.78 is 42.8. The third-order valence-corrected chi connectivity index (χ3v) is 3.01. The maximum atomic E-state index is 12.4. The predicted molar refractivity (Wildman–Crippen MR) is 84.6 cm³/mol. The van der Waals surface area contributed by atoms with Crippen LogP contribution in [0, 0.1) is 5.92 Å². The van der Waals surface area contributed by atoms with E-state index < -0.39 is 6.36 Å². The third kappa shape index (κ3) is 5.82.